The van der Waals surface area contributed by atoms with Crippen LogP contribution in [0.25, 0.3) is 10.9 Å². The lowest BCUT2D eigenvalue weighted by Crippen LogP contribution is -2.32. The number of unbranched alkanes of at least 4 members (excludes halogenated alkanes) is 1. The molecular formula is C22H30N4O. The highest BCUT2D eigenvalue weighted by Gasteiger charge is 2.21. The monoisotopic (exact) mass is 366 g/mol. The van der Waals surface area contributed by atoms with E-state index in [0.29, 0.717) is 0 Å². The maximum absolute atomic E-state index is 12.0. The van der Waals surface area contributed by atoms with Crippen LogP contribution in [0, 0.1) is 5.92 Å². The van der Waals surface area contributed by atoms with Crippen LogP contribution in [0.15, 0.2) is 24.3 Å². The van der Waals surface area contributed by atoms with E-state index in [-0.39, 0.29) is 11.8 Å². The van der Waals surface area contributed by atoms with Crippen molar-refractivity contribution in [2.45, 2.75) is 44.9 Å². The van der Waals surface area contributed by atoms with Gasteiger partial charge in [-0.05, 0) is 63.1 Å². The molecule has 1 fully saturated rings. The van der Waals surface area contributed by atoms with Crippen LogP contribution in [-0.4, -0.2) is 37.1 Å². The molecule has 1 saturated heterocycles. The van der Waals surface area contributed by atoms with E-state index in [2.05, 4.69) is 40.2 Å². The van der Waals surface area contributed by atoms with E-state index in [1.54, 1.807) is 0 Å². The zero-order valence-electron chi connectivity index (χ0n) is 16.0. The van der Waals surface area contributed by atoms with Crippen LogP contribution in [0.3, 0.4) is 0 Å². The first-order chi connectivity index (χ1) is 13.3. The van der Waals surface area contributed by atoms with Crippen molar-refractivity contribution in [1.29, 1.82) is 0 Å². The van der Waals surface area contributed by atoms with Gasteiger partial charge in [0.25, 0.3) is 0 Å². The largest absolute Gasteiger partial charge is 0.384 e. The zero-order valence-corrected chi connectivity index (χ0v) is 16.0. The lowest BCUT2D eigenvalue weighted by molar-refractivity contribution is -0.124. The number of aryl methyl sites for hydroxylation is 1. The molecule has 144 valence electrons. The Kier molecular flexibility index (Phi) is 5.87. The Morgan fingerprint density at radius 1 is 1.15 bits per heavy atom. The van der Waals surface area contributed by atoms with Crippen molar-refractivity contribution in [3.63, 3.8) is 0 Å². The highest BCUT2D eigenvalue weighted by molar-refractivity contribution is 5.93. The average molecular weight is 367 g/mol. The maximum atomic E-state index is 12.0. The summed E-state index contributed by atoms with van der Waals surface area (Å²) in [7, 11) is 0. The number of hydrogen-bond donors (Lipinski definition) is 3. The number of carbonyl (C=O) groups is 1. The lowest BCUT2D eigenvalue weighted by Gasteiger charge is -2.21. The van der Waals surface area contributed by atoms with Gasteiger partial charge in [-0.1, -0.05) is 18.2 Å². The molecule has 27 heavy (non-hydrogen) atoms. The molecule has 1 aliphatic heterocycles. The van der Waals surface area contributed by atoms with Gasteiger partial charge in [-0.2, -0.15) is 0 Å². The van der Waals surface area contributed by atoms with E-state index in [1.807, 2.05) is 0 Å². The first kappa shape index (κ1) is 18.2. The molecular weight excluding hydrogens is 336 g/mol. The molecule has 0 radical (unpaired) electrons. The molecule has 1 amide bonds. The minimum atomic E-state index is 0.165. The third kappa shape index (κ3) is 4.24. The second-order valence-electron chi connectivity index (χ2n) is 7.75. The molecule has 2 aliphatic rings. The van der Waals surface area contributed by atoms with Crippen molar-refractivity contribution in [1.82, 2.24) is 15.6 Å². The van der Waals surface area contributed by atoms with E-state index in [0.717, 1.165) is 63.8 Å². The molecule has 1 aromatic carbocycles. The number of aromatic nitrogens is 1. The van der Waals surface area contributed by atoms with E-state index in [4.69, 9.17) is 4.98 Å². The predicted octanol–water partition coefficient (Wildman–Crippen LogP) is 3.03. The fourth-order valence-corrected chi connectivity index (χ4v) is 4.27. The summed E-state index contributed by atoms with van der Waals surface area (Å²) in [5.74, 6) is 0.375. The zero-order chi connectivity index (χ0) is 18.5. The van der Waals surface area contributed by atoms with Crippen molar-refractivity contribution in [3.05, 3.63) is 35.5 Å². The fraction of sp³-hybridized carbons (Fsp3) is 0.545. The molecule has 5 nitrogen and oxygen atoms in total. The summed E-state index contributed by atoms with van der Waals surface area (Å²) < 4.78 is 0. The second kappa shape index (κ2) is 8.70. The number of rotatable bonds is 7. The van der Waals surface area contributed by atoms with Gasteiger partial charge in [0.05, 0.1) is 11.4 Å². The lowest BCUT2D eigenvalue weighted by atomic mass is 9.92. The third-order valence-electron chi connectivity index (χ3n) is 5.80. The van der Waals surface area contributed by atoms with Gasteiger partial charge in [0, 0.05) is 36.4 Å². The number of para-hydroxylation sites is 1. The Hall–Kier alpha value is -2.14. The molecule has 2 heterocycles. The van der Waals surface area contributed by atoms with Crippen LogP contribution in [-0.2, 0) is 17.6 Å². The van der Waals surface area contributed by atoms with Gasteiger partial charge in [-0.3, -0.25) is 9.78 Å². The van der Waals surface area contributed by atoms with Gasteiger partial charge in [0.15, 0.2) is 0 Å². The Morgan fingerprint density at radius 3 is 2.89 bits per heavy atom. The van der Waals surface area contributed by atoms with Crippen molar-refractivity contribution in [2.24, 2.45) is 5.92 Å². The van der Waals surface area contributed by atoms with Crippen molar-refractivity contribution >= 4 is 22.5 Å². The summed E-state index contributed by atoms with van der Waals surface area (Å²) in [5, 5.41) is 11.3. The van der Waals surface area contributed by atoms with Gasteiger partial charge in [-0.15, -0.1) is 0 Å². The number of nitrogens with zero attached hydrogens (tertiary/aromatic N) is 1. The summed E-state index contributed by atoms with van der Waals surface area (Å²) in [6.07, 6.45) is 7.74. The molecule has 4 rings (SSSR count). The van der Waals surface area contributed by atoms with E-state index in [1.165, 1.54) is 35.2 Å². The number of carbonyl (C=O) groups excluding carboxylic acids is 1. The van der Waals surface area contributed by atoms with Crippen molar-refractivity contribution in [2.75, 3.05) is 31.5 Å². The van der Waals surface area contributed by atoms with Crippen LogP contribution >= 0.6 is 0 Å². The van der Waals surface area contributed by atoms with E-state index < -0.39 is 0 Å². The highest BCUT2D eigenvalue weighted by Crippen LogP contribution is 2.33. The summed E-state index contributed by atoms with van der Waals surface area (Å²) in [5.41, 5.74) is 5.08. The number of pyridine rings is 1. The standard InChI is InChI=1S/C22H30N4O/c27-22(16-11-14-23-15-16)25-13-6-5-12-24-21-17-7-1-3-9-19(17)26-20-10-4-2-8-18(20)21/h1,3,7,9,16,23H,2,4-6,8,10-15H2,(H,24,26)(H,25,27)/t16-/m0/s1. The van der Waals surface area contributed by atoms with Crippen LogP contribution in [0.4, 0.5) is 5.69 Å². The number of amides is 1. The van der Waals surface area contributed by atoms with E-state index >= 15 is 0 Å². The number of fused-ring (bicyclic) bond motifs is 2. The SMILES string of the molecule is O=C(NCCCCNc1c2c(nc3ccccc13)CCCC2)[C@H]1CCNC1. The summed E-state index contributed by atoms with van der Waals surface area (Å²) in [6.45, 7) is 3.49. The minimum Gasteiger partial charge on any atom is -0.384 e. The van der Waals surface area contributed by atoms with Gasteiger partial charge in [0.1, 0.15) is 0 Å². The quantitative estimate of drug-likeness (QED) is 0.659. The Labute approximate surface area is 161 Å². The van der Waals surface area contributed by atoms with Gasteiger partial charge in [0.2, 0.25) is 5.91 Å². The number of anilines is 1. The molecule has 0 saturated carbocycles. The molecule has 1 atom stereocenters. The Morgan fingerprint density at radius 2 is 2.00 bits per heavy atom. The minimum absolute atomic E-state index is 0.165. The number of benzene rings is 1. The van der Waals surface area contributed by atoms with Crippen LogP contribution in [0.2, 0.25) is 0 Å². The highest BCUT2D eigenvalue weighted by atomic mass is 16.1. The van der Waals surface area contributed by atoms with Crippen LogP contribution in [0.1, 0.15) is 43.4 Å². The first-order valence-electron chi connectivity index (χ1n) is 10.5. The Balaban J connectivity index is 1.31. The second-order valence-corrected chi connectivity index (χ2v) is 7.75. The predicted molar refractivity (Wildman–Crippen MR) is 110 cm³/mol. The van der Waals surface area contributed by atoms with Crippen LogP contribution < -0.4 is 16.0 Å². The molecule has 2 aromatic rings. The fourth-order valence-electron chi connectivity index (χ4n) is 4.27. The molecule has 0 bridgehead atoms. The molecule has 0 spiro atoms. The first-order valence-corrected chi connectivity index (χ1v) is 10.5. The number of hydrogen-bond acceptors (Lipinski definition) is 4. The smallest absolute Gasteiger partial charge is 0.224 e. The summed E-state index contributed by atoms with van der Waals surface area (Å²) >= 11 is 0. The normalized spacial score (nSPS) is 19.0. The van der Waals surface area contributed by atoms with E-state index in [9.17, 15) is 4.79 Å². The molecule has 0 unspecified atom stereocenters. The topological polar surface area (TPSA) is 66.0 Å². The molecule has 5 heteroatoms. The third-order valence-corrected chi connectivity index (χ3v) is 5.80. The number of nitrogens with one attached hydrogen (secondary N) is 3. The van der Waals surface area contributed by atoms with Gasteiger partial charge in [-0.25, -0.2) is 0 Å². The molecule has 3 N–H and O–H groups in total. The van der Waals surface area contributed by atoms with Gasteiger partial charge < -0.3 is 16.0 Å². The maximum Gasteiger partial charge on any atom is 0.224 e. The van der Waals surface area contributed by atoms with Crippen LogP contribution in [0.5, 0.6) is 0 Å². The molecule has 1 aromatic heterocycles. The van der Waals surface area contributed by atoms with Gasteiger partial charge >= 0.3 is 0 Å². The Bertz CT molecular complexity index is 798. The summed E-state index contributed by atoms with van der Waals surface area (Å²) in [4.78, 5) is 16.9. The van der Waals surface area contributed by atoms with Crippen molar-refractivity contribution in [3.8, 4) is 0 Å². The molecule has 1 aliphatic carbocycles. The average Bonchev–Trinajstić information content (AvgIpc) is 3.24. The van der Waals surface area contributed by atoms with Crippen molar-refractivity contribution < 1.29 is 4.79 Å². The summed E-state index contributed by atoms with van der Waals surface area (Å²) in [6, 6.07) is 8.45.